The SMILES string of the molecule is CCCC1NC(=O)CC(C)N(CCF)C1=O. The first-order chi connectivity index (χ1) is 7.60. The van der Waals surface area contributed by atoms with Gasteiger partial charge in [-0.05, 0) is 13.3 Å². The maximum absolute atomic E-state index is 12.4. The highest BCUT2D eigenvalue weighted by Gasteiger charge is 2.32. The van der Waals surface area contributed by atoms with Crippen LogP contribution in [0.1, 0.15) is 33.1 Å². The Labute approximate surface area is 95.2 Å². The fourth-order valence-electron chi connectivity index (χ4n) is 2.02. The molecule has 4 nitrogen and oxygen atoms in total. The fourth-order valence-corrected chi connectivity index (χ4v) is 2.02. The van der Waals surface area contributed by atoms with Crippen LogP contribution in [-0.2, 0) is 9.59 Å². The number of amides is 2. The molecule has 2 amide bonds. The number of carbonyl (C=O) groups excluding carboxylic acids is 2. The Morgan fingerprint density at radius 1 is 1.50 bits per heavy atom. The zero-order chi connectivity index (χ0) is 12.1. The molecule has 1 fully saturated rings. The van der Waals surface area contributed by atoms with Crippen LogP contribution in [0.3, 0.4) is 0 Å². The molecule has 16 heavy (non-hydrogen) atoms. The zero-order valence-electron chi connectivity index (χ0n) is 9.83. The minimum Gasteiger partial charge on any atom is -0.344 e. The van der Waals surface area contributed by atoms with E-state index in [2.05, 4.69) is 5.32 Å². The van der Waals surface area contributed by atoms with E-state index in [-0.39, 0.29) is 30.8 Å². The number of hydrogen-bond donors (Lipinski definition) is 1. The number of hydrogen-bond acceptors (Lipinski definition) is 2. The van der Waals surface area contributed by atoms with Gasteiger partial charge in [-0.2, -0.15) is 0 Å². The quantitative estimate of drug-likeness (QED) is 0.778. The number of alkyl halides is 1. The highest BCUT2D eigenvalue weighted by atomic mass is 19.1. The number of nitrogens with zero attached hydrogens (tertiary/aromatic N) is 1. The number of nitrogens with one attached hydrogen (secondary N) is 1. The summed E-state index contributed by atoms with van der Waals surface area (Å²) in [4.78, 5) is 25.0. The lowest BCUT2D eigenvalue weighted by Gasteiger charge is -2.27. The predicted molar refractivity (Wildman–Crippen MR) is 58.6 cm³/mol. The molecule has 1 N–H and O–H groups in total. The van der Waals surface area contributed by atoms with Crippen molar-refractivity contribution in [2.45, 2.75) is 45.2 Å². The van der Waals surface area contributed by atoms with E-state index in [0.29, 0.717) is 6.42 Å². The van der Waals surface area contributed by atoms with Crippen molar-refractivity contribution in [1.29, 1.82) is 0 Å². The average molecular weight is 230 g/mol. The maximum atomic E-state index is 12.4. The van der Waals surface area contributed by atoms with E-state index in [9.17, 15) is 14.0 Å². The molecule has 0 bridgehead atoms. The predicted octanol–water partition coefficient (Wildman–Crippen LogP) is 0.862. The Bertz CT molecular complexity index is 271. The highest BCUT2D eigenvalue weighted by Crippen LogP contribution is 2.13. The molecule has 0 aromatic rings. The first kappa shape index (κ1) is 12.9. The summed E-state index contributed by atoms with van der Waals surface area (Å²) in [5, 5.41) is 2.70. The van der Waals surface area contributed by atoms with Gasteiger partial charge in [-0.25, -0.2) is 4.39 Å². The molecule has 0 spiro atoms. The summed E-state index contributed by atoms with van der Waals surface area (Å²) in [6.07, 6.45) is 1.68. The summed E-state index contributed by atoms with van der Waals surface area (Å²) in [5.74, 6) is -0.279. The molecule has 2 unspecified atom stereocenters. The highest BCUT2D eigenvalue weighted by molar-refractivity contribution is 5.90. The minimum absolute atomic E-state index is 0.0785. The molecule has 92 valence electrons. The first-order valence-electron chi connectivity index (χ1n) is 5.76. The smallest absolute Gasteiger partial charge is 0.245 e. The van der Waals surface area contributed by atoms with Crippen molar-refractivity contribution >= 4 is 11.8 Å². The van der Waals surface area contributed by atoms with Gasteiger partial charge in [0.05, 0.1) is 0 Å². The van der Waals surface area contributed by atoms with Crippen molar-refractivity contribution in [2.24, 2.45) is 0 Å². The lowest BCUT2D eigenvalue weighted by Crippen LogP contribution is -2.47. The summed E-state index contributed by atoms with van der Waals surface area (Å²) in [6.45, 7) is 3.24. The van der Waals surface area contributed by atoms with Crippen LogP contribution >= 0.6 is 0 Å². The van der Waals surface area contributed by atoms with Gasteiger partial charge in [-0.15, -0.1) is 0 Å². The summed E-state index contributed by atoms with van der Waals surface area (Å²) in [5.41, 5.74) is 0. The molecule has 0 aliphatic carbocycles. The second-order valence-corrected chi connectivity index (χ2v) is 4.18. The van der Waals surface area contributed by atoms with Crippen molar-refractivity contribution in [3.63, 3.8) is 0 Å². The Hall–Kier alpha value is -1.13. The Morgan fingerprint density at radius 2 is 2.19 bits per heavy atom. The molecule has 0 aromatic carbocycles. The first-order valence-corrected chi connectivity index (χ1v) is 5.76. The van der Waals surface area contributed by atoms with Gasteiger partial charge in [0, 0.05) is 19.0 Å². The van der Waals surface area contributed by atoms with Crippen molar-refractivity contribution in [3.05, 3.63) is 0 Å². The molecule has 0 saturated carbocycles. The zero-order valence-corrected chi connectivity index (χ0v) is 9.83. The second-order valence-electron chi connectivity index (χ2n) is 4.18. The van der Waals surface area contributed by atoms with Crippen LogP contribution in [-0.4, -0.2) is 42.0 Å². The molecule has 0 aromatic heterocycles. The van der Waals surface area contributed by atoms with Gasteiger partial charge < -0.3 is 10.2 Å². The van der Waals surface area contributed by atoms with E-state index < -0.39 is 12.7 Å². The molecule has 1 heterocycles. The summed E-state index contributed by atoms with van der Waals surface area (Å²) >= 11 is 0. The summed E-state index contributed by atoms with van der Waals surface area (Å²) < 4.78 is 12.4. The van der Waals surface area contributed by atoms with E-state index in [4.69, 9.17) is 0 Å². The molecular weight excluding hydrogens is 211 g/mol. The van der Waals surface area contributed by atoms with Crippen LogP contribution in [0.25, 0.3) is 0 Å². The molecule has 0 radical (unpaired) electrons. The summed E-state index contributed by atoms with van der Waals surface area (Å²) in [7, 11) is 0. The molecule has 1 saturated heterocycles. The van der Waals surface area contributed by atoms with Crippen molar-refractivity contribution < 1.29 is 14.0 Å². The van der Waals surface area contributed by atoms with Crippen molar-refractivity contribution in [2.75, 3.05) is 13.2 Å². The monoisotopic (exact) mass is 230 g/mol. The van der Waals surface area contributed by atoms with E-state index >= 15 is 0 Å². The minimum atomic E-state index is -0.566. The van der Waals surface area contributed by atoms with Crippen LogP contribution in [0.5, 0.6) is 0 Å². The van der Waals surface area contributed by atoms with Gasteiger partial charge in [-0.1, -0.05) is 13.3 Å². The Morgan fingerprint density at radius 3 is 2.75 bits per heavy atom. The van der Waals surface area contributed by atoms with Crippen LogP contribution in [0.2, 0.25) is 0 Å². The third-order valence-electron chi connectivity index (χ3n) is 2.83. The maximum Gasteiger partial charge on any atom is 0.245 e. The van der Waals surface area contributed by atoms with E-state index in [1.165, 1.54) is 4.90 Å². The van der Waals surface area contributed by atoms with Crippen molar-refractivity contribution in [3.8, 4) is 0 Å². The number of rotatable bonds is 4. The molecule has 5 heteroatoms. The van der Waals surface area contributed by atoms with Crippen LogP contribution in [0.4, 0.5) is 4.39 Å². The van der Waals surface area contributed by atoms with Gasteiger partial charge in [0.1, 0.15) is 12.7 Å². The van der Waals surface area contributed by atoms with Gasteiger partial charge in [0.2, 0.25) is 11.8 Å². The third kappa shape index (κ3) is 2.93. The van der Waals surface area contributed by atoms with E-state index in [1.807, 2.05) is 6.92 Å². The molecular formula is C11H19FN2O2. The van der Waals surface area contributed by atoms with Gasteiger partial charge in [0.15, 0.2) is 0 Å². The third-order valence-corrected chi connectivity index (χ3v) is 2.83. The molecule has 1 aliphatic heterocycles. The number of carbonyl (C=O) groups is 2. The molecule has 1 aliphatic rings. The second kappa shape index (κ2) is 5.82. The summed E-state index contributed by atoms with van der Waals surface area (Å²) in [6, 6.07) is -0.695. The molecule has 1 rings (SSSR count). The van der Waals surface area contributed by atoms with Crippen molar-refractivity contribution in [1.82, 2.24) is 10.2 Å². The normalized spacial score (nSPS) is 26.6. The topological polar surface area (TPSA) is 49.4 Å². The van der Waals surface area contributed by atoms with Gasteiger partial charge in [-0.3, -0.25) is 9.59 Å². The lowest BCUT2D eigenvalue weighted by atomic mass is 10.1. The van der Waals surface area contributed by atoms with E-state index in [0.717, 1.165) is 6.42 Å². The Balaban J connectivity index is 2.81. The largest absolute Gasteiger partial charge is 0.344 e. The fraction of sp³-hybridized carbons (Fsp3) is 0.818. The standard InChI is InChI=1S/C11H19FN2O2/c1-3-4-9-11(16)14(6-5-12)8(2)7-10(15)13-9/h8-9H,3-7H2,1-2H3,(H,13,15). The van der Waals surface area contributed by atoms with Crippen LogP contribution < -0.4 is 5.32 Å². The van der Waals surface area contributed by atoms with Crippen LogP contribution in [0, 0.1) is 0 Å². The van der Waals surface area contributed by atoms with E-state index in [1.54, 1.807) is 6.92 Å². The van der Waals surface area contributed by atoms with Crippen LogP contribution in [0.15, 0.2) is 0 Å². The average Bonchev–Trinajstić information content (AvgIpc) is 2.31. The van der Waals surface area contributed by atoms with Gasteiger partial charge >= 0.3 is 0 Å². The van der Waals surface area contributed by atoms with Gasteiger partial charge in [0.25, 0.3) is 0 Å². The molecule has 2 atom stereocenters. The lowest BCUT2D eigenvalue weighted by molar-refractivity contribution is -0.135. The number of halogens is 1. The Kier molecular flexibility index (Phi) is 4.71.